The van der Waals surface area contributed by atoms with E-state index in [9.17, 15) is 18.4 Å². The van der Waals surface area contributed by atoms with Crippen molar-refractivity contribution >= 4 is 44.3 Å². The number of primary amides is 1. The zero-order chi connectivity index (χ0) is 29.3. The van der Waals surface area contributed by atoms with Gasteiger partial charge in [0.2, 0.25) is 5.91 Å². The number of hydrogen-bond donors (Lipinski definition) is 2. The first-order chi connectivity index (χ1) is 20.3. The number of sulfone groups is 1. The van der Waals surface area contributed by atoms with Gasteiger partial charge >= 0.3 is 0 Å². The molecular weight excluding hydrogens is 565 g/mol. The van der Waals surface area contributed by atoms with Crippen LogP contribution in [0, 0.1) is 0 Å². The lowest BCUT2D eigenvalue weighted by atomic mass is 9.78. The number of aryl methyl sites for hydroxylation is 1. The van der Waals surface area contributed by atoms with Gasteiger partial charge in [0.05, 0.1) is 11.8 Å². The molecule has 2 aliphatic heterocycles. The van der Waals surface area contributed by atoms with Crippen LogP contribution in [0.15, 0.2) is 90.5 Å². The summed E-state index contributed by atoms with van der Waals surface area (Å²) in [5, 5.41) is 11.0. The van der Waals surface area contributed by atoms with E-state index in [0.717, 1.165) is 31.1 Å². The van der Waals surface area contributed by atoms with Gasteiger partial charge in [0, 0.05) is 27.8 Å². The van der Waals surface area contributed by atoms with Crippen molar-refractivity contribution in [2.75, 3.05) is 6.54 Å². The van der Waals surface area contributed by atoms with Gasteiger partial charge in [-0.1, -0.05) is 66.8 Å². The Morgan fingerprint density at radius 1 is 0.952 bits per heavy atom. The normalized spacial score (nSPS) is 19.5. The van der Waals surface area contributed by atoms with Gasteiger partial charge < -0.3 is 5.73 Å². The molecular formula is C34H32N2O4S2. The van der Waals surface area contributed by atoms with E-state index in [4.69, 9.17) is 5.73 Å². The van der Waals surface area contributed by atoms with Gasteiger partial charge in [-0.25, -0.2) is 8.42 Å². The molecule has 2 aromatic carbocycles. The molecule has 0 spiro atoms. The number of nitrogens with zero attached hydrogens (tertiary/aromatic N) is 1. The second kappa shape index (κ2) is 11.7. The minimum Gasteiger partial charge on any atom is -0.370 e. The zero-order valence-corrected chi connectivity index (χ0v) is 24.7. The third kappa shape index (κ3) is 5.83. The summed E-state index contributed by atoms with van der Waals surface area (Å²) in [7, 11) is -3.29. The average molecular weight is 597 g/mol. The second-order valence-corrected chi connectivity index (χ2v) is 13.9. The standard InChI is InChI=1S/C27H23NOS.C7H9NO3S/c29-28-15-13-19(14-16-28)26-11-12-27(30-26)21-7-8-23-20(17-21)6-10-24-22-4-2-1-3-18(22)5-9-25(23)24;8-7(9)5-6-3-1-2-4-12(6,10)11/h1-4,6,10-15,17,29H,5,7-9,16H2;1-4,6H,5H2,(H2,8,9). The van der Waals surface area contributed by atoms with Crippen LogP contribution in [-0.2, 0) is 33.9 Å². The maximum Gasteiger partial charge on any atom is 0.219 e. The number of amides is 1. The summed E-state index contributed by atoms with van der Waals surface area (Å²) >= 11 is 1.85. The van der Waals surface area contributed by atoms with Crippen molar-refractivity contribution in [3.63, 3.8) is 0 Å². The SMILES string of the molecule is NC(=O)CC1C=CC=CS1(=O)=O.ON1C=CC(c2ccc(C3=Cc4ccc5c(c4CC3)CCc3ccccc3-5)s2)=CC1. The van der Waals surface area contributed by atoms with E-state index in [1.54, 1.807) is 23.4 Å². The van der Waals surface area contributed by atoms with E-state index in [2.05, 4.69) is 60.7 Å². The van der Waals surface area contributed by atoms with Crippen LogP contribution in [0.4, 0.5) is 0 Å². The molecule has 4 aliphatic rings. The van der Waals surface area contributed by atoms with Crippen LogP contribution in [0.25, 0.3) is 28.3 Å². The van der Waals surface area contributed by atoms with Crippen molar-refractivity contribution in [1.29, 1.82) is 0 Å². The monoisotopic (exact) mass is 596 g/mol. The Bertz CT molecular complexity index is 1810. The van der Waals surface area contributed by atoms with Crippen molar-refractivity contribution < 1.29 is 18.4 Å². The Morgan fingerprint density at radius 3 is 2.55 bits per heavy atom. The minimum atomic E-state index is -3.29. The van der Waals surface area contributed by atoms with E-state index in [-0.39, 0.29) is 6.42 Å². The van der Waals surface area contributed by atoms with Crippen LogP contribution in [-0.4, -0.2) is 36.4 Å². The first-order valence-electron chi connectivity index (χ1n) is 14.0. The summed E-state index contributed by atoms with van der Waals surface area (Å²) in [5.74, 6) is -0.608. The van der Waals surface area contributed by atoms with E-state index in [1.807, 2.05) is 17.4 Å². The molecule has 0 fully saturated rings. The highest BCUT2D eigenvalue weighted by molar-refractivity contribution is 7.95. The Morgan fingerprint density at radius 2 is 1.76 bits per heavy atom. The Labute approximate surface area is 250 Å². The van der Waals surface area contributed by atoms with Gasteiger partial charge in [0.25, 0.3) is 0 Å². The number of allylic oxidation sites excluding steroid dienone is 5. The Kier molecular flexibility index (Phi) is 7.86. The summed E-state index contributed by atoms with van der Waals surface area (Å²) in [6.45, 7) is 0.545. The molecule has 1 atom stereocenters. The van der Waals surface area contributed by atoms with Gasteiger partial charge in [0.15, 0.2) is 9.84 Å². The molecule has 0 saturated carbocycles. The van der Waals surface area contributed by atoms with Gasteiger partial charge in [-0.15, -0.1) is 11.3 Å². The van der Waals surface area contributed by atoms with Crippen molar-refractivity contribution in [2.45, 2.75) is 37.4 Å². The highest BCUT2D eigenvalue weighted by Crippen LogP contribution is 2.42. The molecule has 3 aromatic rings. The predicted octanol–water partition coefficient (Wildman–Crippen LogP) is 6.33. The molecule has 214 valence electrons. The highest BCUT2D eigenvalue weighted by Gasteiger charge is 2.24. The molecule has 2 aliphatic carbocycles. The smallest absolute Gasteiger partial charge is 0.219 e. The third-order valence-electron chi connectivity index (χ3n) is 8.05. The molecule has 0 radical (unpaired) electrons. The second-order valence-electron chi connectivity index (χ2n) is 10.8. The fourth-order valence-corrected chi connectivity index (χ4v) is 8.21. The predicted molar refractivity (Wildman–Crippen MR) is 170 cm³/mol. The minimum absolute atomic E-state index is 0.150. The summed E-state index contributed by atoms with van der Waals surface area (Å²) in [5.41, 5.74) is 16.4. The fourth-order valence-electron chi connectivity index (χ4n) is 5.93. The maximum absolute atomic E-state index is 11.2. The summed E-state index contributed by atoms with van der Waals surface area (Å²) in [6.07, 6.45) is 17.1. The van der Waals surface area contributed by atoms with Crippen molar-refractivity contribution in [3.8, 4) is 11.1 Å². The van der Waals surface area contributed by atoms with Crippen LogP contribution in [0.1, 0.15) is 44.8 Å². The topological polar surface area (TPSA) is 101 Å². The first kappa shape index (κ1) is 28.2. The lowest BCUT2D eigenvalue weighted by Gasteiger charge is -2.26. The van der Waals surface area contributed by atoms with Crippen LogP contribution < -0.4 is 5.73 Å². The van der Waals surface area contributed by atoms with E-state index in [1.165, 1.54) is 60.4 Å². The quantitative estimate of drug-likeness (QED) is 0.367. The van der Waals surface area contributed by atoms with Gasteiger partial charge in [0.1, 0.15) is 0 Å². The zero-order valence-electron chi connectivity index (χ0n) is 23.1. The molecule has 3 N–H and O–H groups in total. The summed E-state index contributed by atoms with van der Waals surface area (Å²) in [4.78, 5) is 13.1. The number of benzene rings is 2. The van der Waals surface area contributed by atoms with Crippen LogP contribution in [0.3, 0.4) is 0 Å². The number of hydrogen-bond acceptors (Lipinski definition) is 6. The number of thiophene rings is 1. The molecule has 1 aromatic heterocycles. The van der Waals surface area contributed by atoms with Crippen molar-refractivity contribution in [3.05, 3.63) is 123 Å². The lowest BCUT2D eigenvalue weighted by molar-refractivity contribution is -0.117. The molecule has 1 amide bonds. The molecule has 0 bridgehead atoms. The largest absolute Gasteiger partial charge is 0.370 e. The number of carbonyl (C=O) groups is 1. The van der Waals surface area contributed by atoms with Gasteiger partial charge in [-0.05, 0) is 88.4 Å². The molecule has 1 unspecified atom stereocenters. The molecule has 7 rings (SSSR count). The van der Waals surface area contributed by atoms with E-state index >= 15 is 0 Å². The van der Waals surface area contributed by atoms with Gasteiger partial charge in [-0.3, -0.25) is 15.1 Å². The molecule has 3 heterocycles. The number of hydroxylamine groups is 2. The molecule has 0 saturated heterocycles. The molecule has 42 heavy (non-hydrogen) atoms. The fraction of sp³-hybridized carbons (Fsp3) is 0.206. The summed E-state index contributed by atoms with van der Waals surface area (Å²) < 4.78 is 22.3. The third-order valence-corrected chi connectivity index (χ3v) is 11.0. The number of carbonyl (C=O) groups excluding carboxylic acids is 1. The number of nitrogens with two attached hydrogens (primary N) is 1. The van der Waals surface area contributed by atoms with Crippen molar-refractivity contribution in [2.24, 2.45) is 5.73 Å². The number of fused-ring (bicyclic) bond motifs is 5. The highest BCUT2D eigenvalue weighted by atomic mass is 32.2. The Balaban J connectivity index is 0.000000223. The summed E-state index contributed by atoms with van der Waals surface area (Å²) in [6, 6.07) is 18.0. The maximum atomic E-state index is 11.2. The van der Waals surface area contributed by atoms with Crippen LogP contribution in [0.2, 0.25) is 0 Å². The van der Waals surface area contributed by atoms with E-state index in [0.29, 0.717) is 6.54 Å². The van der Waals surface area contributed by atoms with E-state index < -0.39 is 21.0 Å². The van der Waals surface area contributed by atoms with Gasteiger partial charge in [-0.2, -0.15) is 0 Å². The molecule has 8 heteroatoms. The average Bonchev–Trinajstić information content (AvgIpc) is 3.49. The lowest BCUT2D eigenvalue weighted by Crippen LogP contribution is -2.25. The van der Waals surface area contributed by atoms with Crippen molar-refractivity contribution in [1.82, 2.24) is 5.06 Å². The Hall–Kier alpha value is -3.98. The van der Waals surface area contributed by atoms with Crippen LogP contribution in [0.5, 0.6) is 0 Å². The molecule has 6 nitrogen and oxygen atoms in total. The van der Waals surface area contributed by atoms with Crippen LogP contribution >= 0.6 is 11.3 Å². The first-order valence-corrected chi connectivity index (χ1v) is 16.5. The number of rotatable bonds is 4.